The summed E-state index contributed by atoms with van der Waals surface area (Å²) >= 11 is 1.65. The fourth-order valence-corrected chi connectivity index (χ4v) is 3.52. The summed E-state index contributed by atoms with van der Waals surface area (Å²) < 4.78 is 1.87. The zero-order valence-corrected chi connectivity index (χ0v) is 13.3. The highest BCUT2D eigenvalue weighted by atomic mass is 32.1. The van der Waals surface area contributed by atoms with Crippen molar-refractivity contribution in [3.63, 3.8) is 0 Å². The van der Waals surface area contributed by atoms with Crippen molar-refractivity contribution in [3.05, 3.63) is 93.4 Å². The molecule has 0 saturated heterocycles. The first kappa shape index (κ1) is 14.0. The van der Waals surface area contributed by atoms with E-state index >= 15 is 0 Å². The Morgan fingerprint density at radius 1 is 0.913 bits per heavy atom. The van der Waals surface area contributed by atoms with E-state index in [1.807, 2.05) is 52.4 Å². The van der Waals surface area contributed by atoms with Crippen LogP contribution >= 0.6 is 11.3 Å². The van der Waals surface area contributed by atoms with Crippen molar-refractivity contribution in [1.29, 1.82) is 0 Å². The van der Waals surface area contributed by atoms with Gasteiger partial charge in [-0.2, -0.15) is 11.3 Å². The fraction of sp³-hybridized carbons (Fsp3) is 0.0500. The summed E-state index contributed by atoms with van der Waals surface area (Å²) in [6, 6.07) is 22.1. The van der Waals surface area contributed by atoms with Crippen LogP contribution in [0.3, 0.4) is 0 Å². The van der Waals surface area contributed by atoms with Crippen LogP contribution < -0.4 is 5.56 Å². The molecule has 2 aromatic carbocycles. The minimum atomic E-state index is 0.0631. The third-order valence-electron chi connectivity index (χ3n) is 4.02. The van der Waals surface area contributed by atoms with E-state index in [4.69, 9.17) is 0 Å². The lowest BCUT2D eigenvalue weighted by Gasteiger charge is -2.14. The summed E-state index contributed by atoms with van der Waals surface area (Å²) in [4.78, 5) is 13.0. The van der Waals surface area contributed by atoms with Crippen molar-refractivity contribution in [2.24, 2.45) is 0 Å². The van der Waals surface area contributed by atoms with Gasteiger partial charge in [0.05, 0.1) is 12.2 Å². The second-order valence-electron chi connectivity index (χ2n) is 5.51. The molecule has 4 aromatic rings. The molecule has 0 atom stereocenters. The van der Waals surface area contributed by atoms with E-state index in [-0.39, 0.29) is 5.56 Å². The largest absolute Gasteiger partial charge is 0.303 e. The molecule has 0 aliphatic carbocycles. The summed E-state index contributed by atoms with van der Waals surface area (Å²) in [5, 5.41) is 5.89. The minimum absolute atomic E-state index is 0.0631. The highest BCUT2D eigenvalue weighted by Gasteiger charge is 2.11. The molecule has 2 aromatic heterocycles. The molecule has 0 spiro atoms. The van der Waals surface area contributed by atoms with Crippen LogP contribution in [0.5, 0.6) is 0 Å². The van der Waals surface area contributed by atoms with Crippen LogP contribution in [0.4, 0.5) is 0 Å². The lowest BCUT2D eigenvalue weighted by molar-refractivity contribution is 0.777. The van der Waals surface area contributed by atoms with E-state index in [0.717, 1.165) is 27.6 Å². The van der Waals surface area contributed by atoms with Crippen LogP contribution in [-0.2, 0) is 6.54 Å². The number of benzene rings is 2. The number of fused-ring (bicyclic) bond motifs is 1. The number of hydrogen-bond acceptors (Lipinski definition) is 2. The van der Waals surface area contributed by atoms with Gasteiger partial charge in [0.2, 0.25) is 0 Å². The zero-order valence-electron chi connectivity index (χ0n) is 12.5. The molecule has 0 bridgehead atoms. The van der Waals surface area contributed by atoms with Gasteiger partial charge in [-0.25, -0.2) is 0 Å². The Labute approximate surface area is 138 Å². The highest BCUT2D eigenvalue weighted by Crippen LogP contribution is 2.25. The van der Waals surface area contributed by atoms with Gasteiger partial charge >= 0.3 is 0 Å². The van der Waals surface area contributed by atoms with Gasteiger partial charge in [-0.1, -0.05) is 48.5 Å². The maximum atomic E-state index is 13.0. The fourth-order valence-electron chi connectivity index (χ4n) is 2.87. The monoisotopic (exact) mass is 317 g/mol. The standard InChI is InChI=1S/C20H15NOS/c22-20-18-9-5-4-8-16(18)12-19(17-10-11-23-14-17)21(20)13-15-6-2-1-3-7-15/h1-12,14H,13H2. The Hall–Kier alpha value is -2.65. The van der Waals surface area contributed by atoms with Crippen LogP contribution in [0.1, 0.15) is 5.56 Å². The molecule has 0 aliphatic heterocycles. The first-order chi connectivity index (χ1) is 11.3. The second-order valence-corrected chi connectivity index (χ2v) is 6.29. The van der Waals surface area contributed by atoms with E-state index in [1.54, 1.807) is 11.3 Å². The number of rotatable bonds is 3. The third-order valence-corrected chi connectivity index (χ3v) is 4.70. The number of aromatic nitrogens is 1. The third kappa shape index (κ3) is 2.60. The average molecular weight is 317 g/mol. The Bertz CT molecular complexity index is 1000. The van der Waals surface area contributed by atoms with E-state index in [2.05, 4.69) is 29.6 Å². The Morgan fingerprint density at radius 2 is 1.70 bits per heavy atom. The molecule has 2 nitrogen and oxygen atoms in total. The molecule has 0 aliphatic rings. The lowest BCUT2D eigenvalue weighted by Crippen LogP contribution is -2.22. The van der Waals surface area contributed by atoms with E-state index in [9.17, 15) is 4.79 Å². The summed E-state index contributed by atoms with van der Waals surface area (Å²) in [6.45, 7) is 0.579. The molecule has 23 heavy (non-hydrogen) atoms. The molecule has 0 fully saturated rings. The van der Waals surface area contributed by atoms with Gasteiger partial charge in [0.15, 0.2) is 0 Å². The van der Waals surface area contributed by atoms with Gasteiger partial charge in [0.1, 0.15) is 0 Å². The molecule has 0 unspecified atom stereocenters. The van der Waals surface area contributed by atoms with Gasteiger partial charge in [-0.05, 0) is 34.5 Å². The van der Waals surface area contributed by atoms with Crippen molar-refractivity contribution in [2.75, 3.05) is 0 Å². The van der Waals surface area contributed by atoms with Crippen molar-refractivity contribution in [3.8, 4) is 11.3 Å². The van der Waals surface area contributed by atoms with Crippen molar-refractivity contribution in [1.82, 2.24) is 4.57 Å². The van der Waals surface area contributed by atoms with Gasteiger partial charge < -0.3 is 4.57 Å². The molecule has 0 amide bonds. The Kier molecular flexibility index (Phi) is 3.56. The van der Waals surface area contributed by atoms with Gasteiger partial charge in [0, 0.05) is 16.3 Å². The van der Waals surface area contributed by atoms with E-state index in [0.29, 0.717) is 6.54 Å². The first-order valence-electron chi connectivity index (χ1n) is 7.52. The van der Waals surface area contributed by atoms with E-state index in [1.165, 1.54) is 0 Å². The number of thiophene rings is 1. The van der Waals surface area contributed by atoms with Crippen LogP contribution in [0, 0.1) is 0 Å². The summed E-state index contributed by atoms with van der Waals surface area (Å²) in [6.07, 6.45) is 0. The van der Waals surface area contributed by atoms with Crippen molar-refractivity contribution in [2.45, 2.75) is 6.54 Å². The summed E-state index contributed by atoms with van der Waals surface area (Å²) in [7, 11) is 0. The first-order valence-corrected chi connectivity index (χ1v) is 8.46. The van der Waals surface area contributed by atoms with Gasteiger partial charge in [-0.3, -0.25) is 4.79 Å². The van der Waals surface area contributed by atoms with Crippen molar-refractivity contribution >= 4 is 22.1 Å². The van der Waals surface area contributed by atoms with Gasteiger partial charge in [0.25, 0.3) is 5.56 Å². The quantitative estimate of drug-likeness (QED) is 0.533. The minimum Gasteiger partial charge on any atom is -0.303 e. The normalized spacial score (nSPS) is 11.0. The number of nitrogens with zero attached hydrogens (tertiary/aromatic N) is 1. The second kappa shape index (κ2) is 5.86. The molecule has 112 valence electrons. The SMILES string of the molecule is O=c1c2ccccc2cc(-c2ccsc2)n1Cc1ccccc1. The number of hydrogen-bond donors (Lipinski definition) is 0. The smallest absolute Gasteiger partial charge is 0.259 e. The maximum Gasteiger partial charge on any atom is 0.259 e. The van der Waals surface area contributed by atoms with Gasteiger partial charge in [-0.15, -0.1) is 0 Å². The summed E-state index contributed by atoms with van der Waals surface area (Å²) in [5.41, 5.74) is 3.25. The molecule has 0 N–H and O–H groups in total. The maximum absolute atomic E-state index is 13.0. The van der Waals surface area contributed by atoms with Crippen molar-refractivity contribution < 1.29 is 0 Å². The lowest BCUT2D eigenvalue weighted by atomic mass is 10.1. The number of pyridine rings is 1. The molecular weight excluding hydrogens is 302 g/mol. The van der Waals surface area contributed by atoms with E-state index < -0.39 is 0 Å². The molecule has 3 heteroatoms. The predicted molar refractivity (Wildman–Crippen MR) is 97.1 cm³/mol. The molecule has 4 rings (SSSR count). The molecule has 0 saturated carbocycles. The molecular formula is C20H15NOS. The molecule has 2 heterocycles. The van der Waals surface area contributed by atoms with Crippen LogP contribution in [0.25, 0.3) is 22.0 Å². The Balaban J connectivity index is 1.98. The zero-order chi connectivity index (χ0) is 15.6. The average Bonchev–Trinajstić information content (AvgIpc) is 3.13. The van der Waals surface area contributed by atoms with Crippen LogP contribution in [-0.4, -0.2) is 4.57 Å². The highest BCUT2D eigenvalue weighted by molar-refractivity contribution is 7.08. The molecule has 0 radical (unpaired) electrons. The van der Waals surface area contributed by atoms with Crippen LogP contribution in [0.15, 0.2) is 82.3 Å². The van der Waals surface area contributed by atoms with Crippen LogP contribution in [0.2, 0.25) is 0 Å². The Morgan fingerprint density at radius 3 is 2.48 bits per heavy atom. The topological polar surface area (TPSA) is 22.0 Å². The summed E-state index contributed by atoms with van der Waals surface area (Å²) in [5.74, 6) is 0. The predicted octanol–water partition coefficient (Wildman–Crippen LogP) is 4.78.